The normalized spacial score (nSPS) is 18.5. The van der Waals surface area contributed by atoms with Gasteiger partial charge in [0.2, 0.25) is 0 Å². The molecule has 1 aromatic heterocycles. The van der Waals surface area contributed by atoms with Crippen molar-refractivity contribution < 1.29 is 4.92 Å². The van der Waals surface area contributed by atoms with Gasteiger partial charge in [-0.25, -0.2) is 4.98 Å². The molecule has 2 N–H and O–H groups in total. The fourth-order valence-electron chi connectivity index (χ4n) is 2.24. The summed E-state index contributed by atoms with van der Waals surface area (Å²) >= 11 is 1.54. The van der Waals surface area contributed by atoms with E-state index < -0.39 is 4.92 Å². The average molecular weight is 315 g/mol. The first-order chi connectivity index (χ1) is 9.22. The number of rotatable bonds is 3. The van der Waals surface area contributed by atoms with Crippen LogP contribution in [-0.2, 0) is 0 Å². The highest BCUT2D eigenvalue weighted by Crippen LogP contribution is 2.29. The van der Waals surface area contributed by atoms with Crippen LogP contribution >= 0.6 is 23.7 Å². The molecule has 1 aromatic carbocycles. The number of aromatic nitrogens is 1. The maximum absolute atomic E-state index is 10.7. The highest BCUT2D eigenvalue weighted by Gasteiger charge is 2.15. The van der Waals surface area contributed by atoms with Crippen LogP contribution in [0.3, 0.4) is 0 Å². The third kappa shape index (κ3) is 3.17. The minimum Gasteiger partial charge on any atom is -0.357 e. The smallest absolute Gasteiger partial charge is 0.271 e. The van der Waals surface area contributed by atoms with E-state index in [-0.39, 0.29) is 18.1 Å². The minimum atomic E-state index is -0.392. The summed E-state index contributed by atoms with van der Waals surface area (Å²) in [4.78, 5) is 14.8. The van der Waals surface area contributed by atoms with E-state index in [0.29, 0.717) is 11.6 Å². The number of hydrogen-bond acceptors (Lipinski definition) is 6. The molecule has 1 aliphatic heterocycles. The van der Waals surface area contributed by atoms with Gasteiger partial charge in [-0.1, -0.05) is 11.3 Å². The summed E-state index contributed by atoms with van der Waals surface area (Å²) < 4.78 is 0.969. The summed E-state index contributed by atoms with van der Waals surface area (Å²) in [6.07, 6.45) is 2.29. The van der Waals surface area contributed by atoms with Gasteiger partial charge >= 0.3 is 0 Å². The van der Waals surface area contributed by atoms with E-state index in [1.54, 1.807) is 6.07 Å². The zero-order valence-electron chi connectivity index (χ0n) is 10.7. The predicted molar refractivity (Wildman–Crippen MR) is 83.0 cm³/mol. The Morgan fingerprint density at radius 3 is 3.05 bits per heavy atom. The minimum absolute atomic E-state index is 0. The standard InChI is InChI=1S/C12H14N4O2S.ClH/c17-16(18)9-3-4-11-10(6-9)15-12(19-11)14-8-2-1-5-13-7-8;/h3-4,6,8,13H,1-2,5,7H2,(H,14,15);1H/t8-;/m0./s1. The molecule has 0 bridgehead atoms. The molecule has 8 heteroatoms. The molecular weight excluding hydrogens is 300 g/mol. The molecule has 0 aliphatic carbocycles. The number of hydrogen-bond donors (Lipinski definition) is 2. The average Bonchev–Trinajstić information content (AvgIpc) is 2.80. The Bertz CT molecular complexity index is 613. The zero-order chi connectivity index (χ0) is 13.2. The van der Waals surface area contributed by atoms with E-state index in [4.69, 9.17) is 0 Å². The number of fused-ring (bicyclic) bond motifs is 1. The lowest BCUT2D eigenvalue weighted by Crippen LogP contribution is -2.38. The molecule has 0 unspecified atom stereocenters. The molecule has 1 saturated heterocycles. The second-order valence-electron chi connectivity index (χ2n) is 4.62. The molecule has 0 radical (unpaired) electrons. The number of non-ortho nitro benzene ring substituents is 1. The van der Waals surface area contributed by atoms with Gasteiger partial charge in [0.1, 0.15) is 0 Å². The van der Waals surface area contributed by atoms with Crippen molar-refractivity contribution in [2.75, 3.05) is 18.4 Å². The van der Waals surface area contributed by atoms with Gasteiger partial charge in [-0.15, -0.1) is 12.4 Å². The lowest BCUT2D eigenvalue weighted by Gasteiger charge is -2.23. The van der Waals surface area contributed by atoms with Gasteiger partial charge < -0.3 is 10.6 Å². The summed E-state index contributed by atoms with van der Waals surface area (Å²) in [5.41, 5.74) is 0.772. The molecule has 20 heavy (non-hydrogen) atoms. The number of benzene rings is 1. The largest absolute Gasteiger partial charge is 0.357 e. The van der Waals surface area contributed by atoms with Gasteiger partial charge in [0.15, 0.2) is 5.13 Å². The first kappa shape index (κ1) is 15.0. The Balaban J connectivity index is 0.00000147. The van der Waals surface area contributed by atoms with Gasteiger partial charge in [0, 0.05) is 24.7 Å². The van der Waals surface area contributed by atoms with E-state index in [2.05, 4.69) is 15.6 Å². The fraction of sp³-hybridized carbons (Fsp3) is 0.417. The van der Waals surface area contributed by atoms with Gasteiger partial charge in [0.05, 0.1) is 15.1 Å². The summed E-state index contributed by atoms with van der Waals surface area (Å²) in [5, 5.41) is 18.3. The molecule has 0 saturated carbocycles. The molecule has 1 fully saturated rings. The quantitative estimate of drug-likeness (QED) is 0.672. The van der Waals surface area contributed by atoms with Gasteiger partial charge in [-0.3, -0.25) is 10.1 Å². The Labute approximate surface area is 126 Å². The number of nitro benzene ring substituents is 1. The van der Waals surface area contributed by atoms with Crippen LogP contribution in [0.15, 0.2) is 18.2 Å². The fourth-order valence-corrected chi connectivity index (χ4v) is 3.16. The highest BCUT2D eigenvalue weighted by atomic mass is 35.5. The van der Waals surface area contributed by atoms with Crippen molar-refractivity contribution in [3.63, 3.8) is 0 Å². The summed E-state index contributed by atoms with van der Waals surface area (Å²) in [6.45, 7) is 2.01. The van der Waals surface area contributed by atoms with E-state index in [0.717, 1.165) is 35.8 Å². The topological polar surface area (TPSA) is 80.1 Å². The second kappa shape index (κ2) is 6.34. The monoisotopic (exact) mass is 314 g/mol. The van der Waals surface area contributed by atoms with Gasteiger partial charge in [-0.05, 0) is 25.5 Å². The molecule has 0 amide bonds. The molecule has 2 heterocycles. The lowest BCUT2D eigenvalue weighted by molar-refractivity contribution is -0.384. The van der Waals surface area contributed by atoms with Crippen LogP contribution in [0.25, 0.3) is 10.2 Å². The SMILES string of the molecule is Cl.O=[N+]([O-])c1ccc2sc(N[C@H]3CCCNC3)nc2c1. The Morgan fingerprint density at radius 1 is 1.50 bits per heavy atom. The molecular formula is C12H15ClN4O2S. The Kier molecular flexibility index (Phi) is 4.74. The van der Waals surface area contributed by atoms with Crippen molar-refractivity contribution in [2.24, 2.45) is 0 Å². The maximum atomic E-state index is 10.7. The van der Waals surface area contributed by atoms with Crippen LogP contribution in [0, 0.1) is 10.1 Å². The van der Waals surface area contributed by atoms with E-state index in [1.807, 2.05) is 0 Å². The third-order valence-electron chi connectivity index (χ3n) is 3.21. The summed E-state index contributed by atoms with van der Waals surface area (Å²) in [7, 11) is 0. The first-order valence-corrected chi connectivity index (χ1v) is 7.06. The molecule has 1 atom stereocenters. The summed E-state index contributed by atoms with van der Waals surface area (Å²) in [6, 6.07) is 5.20. The zero-order valence-corrected chi connectivity index (χ0v) is 12.3. The van der Waals surface area contributed by atoms with Crippen LogP contribution in [-0.4, -0.2) is 29.0 Å². The number of piperidine rings is 1. The van der Waals surface area contributed by atoms with Crippen molar-refractivity contribution in [1.82, 2.24) is 10.3 Å². The molecule has 3 rings (SSSR count). The van der Waals surface area contributed by atoms with Crippen molar-refractivity contribution in [3.8, 4) is 0 Å². The van der Waals surface area contributed by atoms with Crippen LogP contribution in [0.5, 0.6) is 0 Å². The predicted octanol–water partition coefficient (Wildman–Crippen LogP) is 2.79. The van der Waals surface area contributed by atoms with Crippen molar-refractivity contribution in [2.45, 2.75) is 18.9 Å². The van der Waals surface area contributed by atoms with Crippen molar-refractivity contribution in [1.29, 1.82) is 0 Å². The number of anilines is 1. The maximum Gasteiger partial charge on any atom is 0.271 e. The first-order valence-electron chi connectivity index (χ1n) is 6.24. The Morgan fingerprint density at radius 2 is 2.35 bits per heavy atom. The van der Waals surface area contributed by atoms with E-state index >= 15 is 0 Å². The number of nitrogens with one attached hydrogen (secondary N) is 2. The second-order valence-corrected chi connectivity index (χ2v) is 5.65. The van der Waals surface area contributed by atoms with Gasteiger partial charge in [0.25, 0.3) is 5.69 Å². The molecule has 6 nitrogen and oxygen atoms in total. The molecule has 2 aromatic rings. The van der Waals surface area contributed by atoms with Crippen LogP contribution < -0.4 is 10.6 Å². The van der Waals surface area contributed by atoms with Crippen LogP contribution in [0.1, 0.15) is 12.8 Å². The number of nitro groups is 1. The third-order valence-corrected chi connectivity index (χ3v) is 4.17. The number of nitrogens with zero attached hydrogens (tertiary/aromatic N) is 2. The van der Waals surface area contributed by atoms with Crippen LogP contribution in [0.4, 0.5) is 10.8 Å². The van der Waals surface area contributed by atoms with Crippen molar-refractivity contribution in [3.05, 3.63) is 28.3 Å². The van der Waals surface area contributed by atoms with E-state index in [1.165, 1.54) is 23.5 Å². The highest BCUT2D eigenvalue weighted by molar-refractivity contribution is 7.22. The van der Waals surface area contributed by atoms with Crippen LogP contribution in [0.2, 0.25) is 0 Å². The lowest BCUT2D eigenvalue weighted by atomic mass is 10.1. The Hall–Kier alpha value is -1.44. The molecule has 1 aliphatic rings. The van der Waals surface area contributed by atoms with E-state index in [9.17, 15) is 10.1 Å². The van der Waals surface area contributed by atoms with Gasteiger partial charge in [-0.2, -0.15) is 0 Å². The number of thiazole rings is 1. The molecule has 108 valence electrons. The number of halogens is 1. The summed E-state index contributed by atoms with van der Waals surface area (Å²) in [5.74, 6) is 0. The molecule has 0 spiro atoms. The van der Waals surface area contributed by atoms with Crippen molar-refractivity contribution >= 4 is 44.8 Å².